The van der Waals surface area contributed by atoms with Crippen LogP contribution in [0, 0.1) is 0 Å². The maximum Gasteiger partial charge on any atom is 0.276 e. The molecule has 0 spiro atoms. The van der Waals surface area contributed by atoms with Crippen LogP contribution in [0.3, 0.4) is 0 Å². The Morgan fingerprint density at radius 1 is 1.22 bits per heavy atom. The van der Waals surface area contributed by atoms with E-state index in [-0.39, 0.29) is 5.91 Å². The molecule has 140 valence electrons. The number of rotatable bonds is 6. The lowest BCUT2D eigenvalue weighted by atomic mass is 10.1. The molecule has 1 heterocycles. The van der Waals surface area contributed by atoms with E-state index in [0.29, 0.717) is 33.0 Å². The lowest BCUT2D eigenvalue weighted by Gasteiger charge is -2.11. The number of nitrogens with zero attached hydrogens (tertiary/aromatic N) is 3. The Morgan fingerprint density at radius 3 is 2.67 bits per heavy atom. The van der Waals surface area contributed by atoms with Gasteiger partial charge in [-0.1, -0.05) is 69.5 Å². The van der Waals surface area contributed by atoms with E-state index in [1.165, 1.54) is 0 Å². The molecule has 1 amide bonds. The number of benzene rings is 2. The van der Waals surface area contributed by atoms with Gasteiger partial charge in [0.25, 0.3) is 5.91 Å². The lowest BCUT2D eigenvalue weighted by molar-refractivity contribution is 0.101. The quantitative estimate of drug-likeness (QED) is 0.466. The number of aromatic nitrogens is 3. The highest BCUT2D eigenvalue weighted by atomic mass is 79.9. The van der Waals surface area contributed by atoms with Gasteiger partial charge in [-0.05, 0) is 30.0 Å². The molecule has 27 heavy (non-hydrogen) atoms. The number of nitrogens with one attached hydrogen (secondary N) is 1. The molecule has 0 aliphatic rings. The molecule has 3 aromatic rings. The molecule has 0 radical (unpaired) electrons. The van der Waals surface area contributed by atoms with Gasteiger partial charge in [0.15, 0.2) is 5.69 Å². The first-order valence-electron chi connectivity index (χ1n) is 8.03. The smallest absolute Gasteiger partial charge is 0.276 e. The van der Waals surface area contributed by atoms with Crippen molar-refractivity contribution in [2.75, 3.05) is 11.1 Å². The van der Waals surface area contributed by atoms with Gasteiger partial charge in [0.05, 0.1) is 21.6 Å². The second kappa shape index (κ2) is 9.10. The van der Waals surface area contributed by atoms with Gasteiger partial charge >= 0.3 is 0 Å². The summed E-state index contributed by atoms with van der Waals surface area (Å²) in [7, 11) is 0. The van der Waals surface area contributed by atoms with Crippen LogP contribution in [0.5, 0.6) is 0 Å². The van der Waals surface area contributed by atoms with Crippen molar-refractivity contribution in [3.8, 4) is 11.3 Å². The van der Waals surface area contributed by atoms with Crippen molar-refractivity contribution in [3.63, 3.8) is 0 Å². The average molecular weight is 486 g/mol. The number of hydrogen-bond acceptors (Lipinski definition) is 4. The number of hydrogen-bond donors (Lipinski definition) is 1. The molecule has 9 heteroatoms. The highest BCUT2D eigenvalue weighted by Gasteiger charge is 2.22. The summed E-state index contributed by atoms with van der Waals surface area (Å²) in [5.41, 5.74) is 2.12. The first-order chi connectivity index (χ1) is 13.0. The van der Waals surface area contributed by atoms with Crippen LogP contribution in [0.25, 0.3) is 11.3 Å². The van der Waals surface area contributed by atoms with E-state index >= 15 is 0 Å². The summed E-state index contributed by atoms with van der Waals surface area (Å²) in [5, 5.41) is 11.9. The topological polar surface area (TPSA) is 59.8 Å². The maximum absolute atomic E-state index is 13.1. The highest BCUT2D eigenvalue weighted by molar-refractivity contribution is 9.10. The standard InChI is InChI=1S/C18H15BrCl2N4OS/c1-2-27-10-25-17(16(23-24-25)11-6-8-12(19)9-7-11)18(26)22-14-5-3-4-13(20)15(14)21/h3-9H,2,10H2,1H3,(H,22,26). The van der Waals surface area contributed by atoms with Gasteiger partial charge in [-0.15, -0.1) is 16.9 Å². The van der Waals surface area contributed by atoms with Crippen molar-refractivity contribution in [2.24, 2.45) is 0 Å². The summed E-state index contributed by atoms with van der Waals surface area (Å²) in [6, 6.07) is 12.6. The molecule has 0 saturated heterocycles. The molecule has 5 nitrogen and oxygen atoms in total. The average Bonchev–Trinajstić information content (AvgIpc) is 3.08. The van der Waals surface area contributed by atoms with E-state index in [1.54, 1.807) is 34.6 Å². The fraction of sp³-hybridized carbons (Fsp3) is 0.167. The van der Waals surface area contributed by atoms with Crippen LogP contribution in [0.1, 0.15) is 17.4 Å². The molecule has 0 bridgehead atoms. The van der Waals surface area contributed by atoms with Gasteiger partial charge in [0, 0.05) is 10.0 Å². The first-order valence-corrected chi connectivity index (χ1v) is 10.7. The van der Waals surface area contributed by atoms with Crippen LogP contribution in [-0.2, 0) is 5.88 Å². The van der Waals surface area contributed by atoms with Crippen LogP contribution in [-0.4, -0.2) is 26.7 Å². The minimum atomic E-state index is -0.348. The summed E-state index contributed by atoms with van der Waals surface area (Å²) in [4.78, 5) is 13.1. The summed E-state index contributed by atoms with van der Waals surface area (Å²) >= 11 is 17.3. The van der Waals surface area contributed by atoms with Gasteiger partial charge < -0.3 is 5.32 Å². The Hall–Kier alpha value is -1.54. The number of amides is 1. The van der Waals surface area contributed by atoms with Gasteiger partial charge in [-0.25, -0.2) is 4.68 Å². The summed E-state index contributed by atoms with van der Waals surface area (Å²) < 4.78 is 2.54. The number of anilines is 1. The van der Waals surface area contributed by atoms with E-state index in [0.717, 1.165) is 15.8 Å². The van der Waals surface area contributed by atoms with E-state index in [1.807, 2.05) is 31.2 Å². The zero-order valence-corrected chi connectivity index (χ0v) is 18.2. The van der Waals surface area contributed by atoms with Crippen LogP contribution in [0.15, 0.2) is 46.9 Å². The Bertz CT molecular complexity index is 962. The third-order valence-corrected chi connectivity index (χ3v) is 5.87. The van der Waals surface area contributed by atoms with Crippen molar-refractivity contribution >= 4 is 62.5 Å². The van der Waals surface area contributed by atoms with Crippen molar-refractivity contribution in [1.29, 1.82) is 0 Å². The number of halogens is 3. The molecular weight excluding hydrogens is 471 g/mol. The third kappa shape index (κ3) is 4.66. The SMILES string of the molecule is CCSCn1nnc(-c2ccc(Br)cc2)c1C(=O)Nc1cccc(Cl)c1Cl. The molecule has 0 atom stereocenters. The van der Waals surface area contributed by atoms with Crippen molar-refractivity contribution in [1.82, 2.24) is 15.0 Å². The normalized spacial score (nSPS) is 10.8. The predicted molar refractivity (Wildman–Crippen MR) is 116 cm³/mol. The molecule has 0 aliphatic carbocycles. The summed E-state index contributed by atoms with van der Waals surface area (Å²) in [5.74, 6) is 1.07. The Labute approximate surface area is 179 Å². The van der Waals surface area contributed by atoms with E-state index in [9.17, 15) is 4.79 Å². The summed E-state index contributed by atoms with van der Waals surface area (Å²) in [6.07, 6.45) is 0. The molecule has 1 aromatic heterocycles. The zero-order valence-electron chi connectivity index (χ0n) is 14.2. The fourth-order valence-corrected chi connectivity index (χ4v) is 3.54. The van der Waals surface area contributed by atoms with E-state index < -0.39 is 0 Å². The van der Waals surface area contributed by atoms with Gasteiger partial charge in [-0.2, -0.15) is 0 Å². The van der Waals surface area contributed by atoms with Crippen LogP contribution in [0.2, 0.25) is 10.0 Å². The van der Waals surface area contributed by atoms with Gasteiger partial charge in [0.1, 0.15) is 5.69 Å². The van der Waals surface area contributed by atoms with Crippen LogP contribution < -0.4 is 5.32 Å². The Morgan fingerprint density at radius 2 is 1.96 bits per heavy atom. The molecule has 0 unspecified atom stereocenters. The summed E-state index contributed by atoms with van der Waals surface area (Å²) in [6.45, 7) is 2.04. The van der Waals surface area contributed by atoms with Gasteiger partial charge in [0.2, 0.25) is 0 Å². The lowest BCUT2D eigenvalue weighted by Crippen LogP contribution is -2.18. The third-order valence-electron chi connectivity index (χ3n) is 3.69. The minimum Gasteiger partial charge on any atom is -0.319 e. The molecule has 0 saturated carbocycles. The van der Waals surface area contributed by atoms with Crippen LogP contribution >= 0.6 is 50.9 Å². The molecule has 2 aromatic carbocycles. The molecular formula is C18H15BrCl2N4OS. The maximum atomic E-state index is 13.1. The highest BCUT2D eigenvalue weighted by Crippen LogP contribution is 2.31. The van der Waals surface area contributed by atoms with Crippen molar-refractivity contribution < 1.29 is 4.79 Å². The van der Waals surface area contributed by atoms with Crippen molar-refractivity contribution in [3.05, 3.63) is 62.7 Å². The molecule has 0 fully saturated rings. The largest absolute Gasteiger partial charge is 0.319 e. The second-order valence-corrected chi connectivity index (χ2v) is 8.42. The number of thioether (sulfide) groups is 1. The Balaban J connectivity index is 2.00. The van der Waals surface area contributed by atoms with E-state index in [2.05, 4.69) is 31.6 Å². The Kier molecular flexibility index (Phi) is 6.81. The molecule has 3 rings (SSSR count). The zero-order chi connectivity index (χ0) is 19.4. The van der Waals surface area contributed by atoms with Crippen molar-refractivity contribution in [2.45, 2.75) is 12.8 Å². The monoisotopic (exact) mass is 484 g/mol. The van der Waals surface area contributed by atoms with E-state index in [4.69, 9.17) is 23.2 Å². The number of carbonyl (C=O) groups is 1. The molecule has 0 aliphatic heterocycles. The minimum absolute atomic E-state index is 0.291. The van der Waals surface area contributed by atoms with Gasteiger partial charge in [-0.3, -0.25) is 4.79 Å². The number of carbonyl (C=O) groups excluding carboxylic acids is 1. The molecule has 1 N–H and O–H groups in total. The fourth-order valence-electron chi connectivity index (χ4n) is 2.39. The second-order valence-electron chi connectivity index (χ2n) is 5.47. The first kappa shape index (κ1) is 20.2. The van der Waals surface area contributed by atoms with Crippen LogP contribution in [0.4, 0.5) is 5.69 Å². The predicted octanol–water partition coefficient (Wildman–Crippen LogP) is 5.98.